The van der Waals surface area contributed by atoms with Gasteiger partial charge in [-0.25, -0.2) is 4.79 Å². The minimum absolute atomic E-state index is 0.109. The van der Waals surface area contributed by atoms with Gasteiger partial charge in [0.25, 0.3) is 5.56 Å². The third-order valence-electron chi connectivity index (χ3n) is 3.01. The molecule has 0 fully saturated rings. The number of alkyl carbamates (subject to hydrolysis) is 1. The SMILES string of the molecule is O=C(NCc1nnc2c(=O)[nH]ccn12)OCc1ccccc1. The van der Waals surface area contributed by atoms with Gasteiger partial charge in [0.1, 0.15) is 6.61 Å². The van der Waals surface area contributed by atoms with Crippen molar-refractivity contribution in [1.82, 2.24) is 24.9 Å². The second-order valence-corrected chi connectivity index (χ2v) is 4.51. The van der Waals surface area contributed by atoms with E-state index >= 15 is 0 Å². The van der Waals surface area contributed by atoms with Crippen molar-refractivity contribution >= 4 is 11.7 Å². The van der Waals surface area contributed by atoms with Gasteiger partial charge in [-0.1, -0.05) is 30.3 Å². The molecule has 0 saturated carbocycles. The molecular weight excluding hydrogens is 286 g/mol. The van der Waals surface area contributed by atoms with Crippen LogP contribution in [-0.2, 0) is 17.9 Å². The Morgan fingerprint density at radius 2 is 2.09 bits per heavy atom. The summed E-state index contributed by atoms with van der Waals surface area (Å²) in [6.07, 6.45) is 2.53. The smallest absolute Gasteiger partial charge is 0.407 e. The highest BCUT2D eigenvalue weighted by Crippen LogP contribution is 2.01. The molecule has 8 nitrogen and oxygen atoms in total. The molecule has 0 saturated heterocycles. The Hall–Kier alpha value is -3.16. The van der Waals surface area contributed by atoms with E-state index in [-0.39, 0.29) is 24.4 Å². The molecule has 0 aliphatic carbocycles. The summed E-state index contributed by atoms with van der Waals surface area (Å²) in [4.78, 5) is 25.7. The summed E-state index contributed by atoms with van der Waals surface area (Å²) >= 11 is 0. The average Bonchev–Trinajstić information content (AvgIpc) is 2.96. The van der Waals surface area contributed by atoms with Crippen molar-refractivity contribution in [2.45, 2.75) is 13.2 Å². The molecule has 2 N–H and O–H groups in total. The molecule has 22 heavy (non-hydrogen) atoms. The number of H-pyrrole nitrogens is 1. The molecule has 0 radical (unpaired) electrons. The maximum absolute atomic E-state index is 11.7. The van der Waals surface area contributed by atoms with E-state index < -0.39 is 6.09 Å². The lowest BCUT2D eigenvalue weighted by molar-refractivity contribution is 0.139. The largest absolute Gasteiger partial charge is 0.445 e. The number of rotatable bonds is 4. The van der Waals surface area contributed by atoms with Crippen molar-refractivity contribution < 1.29 is 9.53 Å². The first-order valence-corrected chi connectivity index (χ1v) is 6.60. The van der Waals surface area contributed by atoms with Gasteiger partial charge in [0, 0.05) is 12.4 Å². The van der Waals surface area contributed by atoms with Crippen molar-refractivity contribution in [2.75, 3.05) is 0 Å². The summed E-state index contributed by atoms with van der Waals surface area (Å²) in [5.41, 5.74) is 0.738. The van der Waals surface area contributed by atoms with Crippen LogP contribution < -0.4 is 10.9 Å². The van der Waals surface area contributed by atoms with Crippen LogP contribution in [0.5, 0.6) is 0 Å². The summed E-state index contributed by atoms with van der Waals surface area (Å²) in [6.45, 7) is 0.297. The van der Waals surface area contributed by atoms with E-state index in [2.05, 4.69) is 20.5 Å². The molecule has 0 aliphatic rings. The number of aromatic nitrogens is 4. The molecular formula is C14H13N5O3. The van der Waals surface area contributed by atoms with Gasteiger partial charge in [0.05, 0.1) is 6.54 Å². The Labute approximate surface area is 124 Å². The minimum Gasteiger partial charge on any atom is -0.445 e. The Morgan fingerprint density at radius 1 is 1.27 bits per heavy atom. The van der Waals surface area contributed by atoms with Crippen LogP contribution >= 0.6 is 0 Å². The number of nitrogens with zero attached hydrogens (tertiary/aromatic N) is 3. The van der Waals surface area contributed by atoms with E-state index in [0.717, 1.165) is 5.56 Å². The number of hydrogen-bond acceptors (Lipinski definition) is 5. The normalized spacial score (nSPS) is 10.5. The maximum Gasteiger partial charge on any atom is 0.407 e. The molecule has 3 rings (SSSR count). The quantitative estimate of drug-likeness (QED) is 0.743. The zero-order valence-electron chi connectivity index (χ0n) is 11.5. The van der Waals surface area contributed by atoms with E-state index in [9.17, 15) is 9.59 Å². The third kappa shape index (κ3) is 2.95. The zero-order valence-corrected chi connectivity index (χ0v) is 11.5. The summed E-state index contributed by atoms with van der Waals surface area (Å²) < 4.78 is 6.60. The van der Waals surface area contributed by atoms with E-state index in [1.165, 1.54) is 10.6 Å². The topological polar surface area (TPSA) is 101 Å². The van der Waals surface area contributed by atoms with Gasteiger partial charge in [-0.3, -0.25) is 9.20 Å². The van der Waals surface area contributed by atoms with Gasteiger partial charge in [0.2, 0.25) is 5.65 Å². The van der Waals surface area contributed by atoms with Gasteiger partial charge in [-0.05, 0) is 5.56 Å². The van der Waals surface area contributed by atoms with E-state index in [4.69, 9.17) is 4.74 Å². The number of nitrogens with one attached hydrogen (secondary N) is 2. The molecule has 0 unspecified atom stereocenters. The van der Waals surface area contributed by atoms with Crippen LogP contribution in [0.4, 0.5) is 4.79 Å². The lowest BCUT2D eigenvalue weighted by Crippen LogP contribution is -2.25. The first-order valence-electron chi connectivity index (χ1n) is 6.60. The number of amides is 1. The highest BCUT2D eigenvalue weighted by atomic mass is 16.5. The molecule has 3 aromatic rings. The van der Waals surface area contributed by atoms with E-state index in [1.54, 1.807) is 6.20 Å². The molecule has 1 aromatic carbocycles. The fourth-order valence-corrected chi connectivity index (χ4v) is 1.93. The summed E-state index contributed by atoms with van der Waals surface area (Å²) in [5.74, 6) is 0.442. The highest BCUT2D eigenvalue weighted by molar-refractivity contribution is 5.67. The lowest BCUT2D eigenvalue weighted by Gasteiger charge is -2.06. The van der Waals surface area contributed by atoms with Gasteiger partial charge < -0.3 is 15.0 Å². The standard InChI is InChI=1S/C14H13N5O3/c20-13-12-18-17-11(19(12)7-6-15-13)8-16-14(21)22-9-10-4-2-1-3-5-10/h1-7H,8-9H2,(H,15,20)(H,16,21). The van der Waals surface area contributed by atoms with Crippen molar-refractivity contribution in [3.63, 3.8) is 0 Å². The molecule has 2 heterocycles. The number of carbonyl (C=O) groups excluding carboxylic acids is 1. The van der Waals surface area contributed by atoms with Gasteiger partial charge in [-0.15, -0.1) is 10.2 Å². The van der Waals surface area contributed by atoms with Crippen molar-refractivity contribution in [1.29, 1.82) is 0 Å². The molecule has 1 amide bonds. The van der Waals surface area contributed by atoms with Crippen molar-refractivity contribution in [2.24, 2.45) is 0 Å². The van der Waals surface area contributed by atoms with Crippen LogP contribution in [0, 0.1) is 0 Å². The lowest BCUT2D eigenvalue weighted by atomic mass is 10.2. The van der Waals surface area contributed by atoms with Gasteiger partial charge in [-0.2, -0.15) is 0 Å². The van der Waals surface area contributed by atoms with Crippen LogP contribution in [0.3, 0.4) is 0 Å². The van der Waals surface area contributed by atoms with Gasteiger partial charge >= 0.3 is 6.09 Å². The first kappa shape index (κ1) is 13.8. The van der Waals surface area contributed by atoms with E-state index in [1.807, 2.05) is 30.3 Å². The predicted octanol–water partition coefficient (Wildman–Crippen LogP) is 0.844. The number of carbonyl (C=O) groups is 1. The molecule has 0 spiro atoms. The summed E-state index contributed by atoms with van der Waals surface area (Å²) in [6, 6.07) is 9.37. The van der Waals surface area contributed by atoms with E-state index in [0.29, 0.717) is 5.82 Å². The van der Waals surface area contributed by atoms with Crippen molar-refractivity contribution in [3.8, 4) is 0 Å². The first-order chi connectivity index (χ1) is 10.7. The molecule has 0 bridgehead atoms. The third-order valence-corrected chi connectivity index (χ3v) is 3.01. The fourth-order valence-electron chi connectivity index (χ4n) is 1.93. The van der Waals surface area contributed by atoms with Crippen molar-refractivity contribution in [3.05, 3.63) is 64.5 Å². The molecule has 2 aromatic heterocycles. The predicted molar refractivity (Wildman–Crippen MR) is 77.1 cm³/mol. The Bertz CT molecular complexity index is 840. The van der Waals surface area contributed by atoms with Crippen LogP contribution in [0.1, 0.15) is 11.4 Å². The minimum atomic E-state index is -0.564. The summed E-state index contributed by atoms with van der Waals surface area (Å²) in [7, 11) is 0. The van der Waals surface area contributed by atoms with Crippen LogP contribution in [0.25, 0.3) is 5.65 Å². The Kier molecular flexibility index (Phi) is 3.82. The number of hydrogen-bond donors (Lipinski definition) is 2. The van der Waals surface area contributed by atoms with Crippen LogP contribution in [-0.4, -0.2) is 25.7 Å². The molecule has 0 atom stereocenters. The Balaban J connectivity index is 1.58. The number of fused-ring (bicyclic) bond motifs is 1. The molecule has 0 aliphatic heterocycles. The second kappa shape index (κ2) is 6.08. The fraction of sp³-hybridized carbons (Fsp3) is 0.143. The highest BCUT2D eigenvalue weighted by Gasteiger charge is 2.09. The summed E-state index contributed by atoms with van der Waals surface area (Å²) in [5, 5.41) is 10.2. The molecule has 112 valence electrons. The number of benzene rings is 1. The monoisotopic (exact) mass is 299 g/mol. The van der Waals surface area contributed by atoms with Gasteiger partial charge in [0.15, 0.2) is 5.82 Å². The number of ether oxygens (including phenoxy) is 1. The van der Waals surface area contributed by atoms with Crippen LogP contribution in [0.2, 0.25) is 0 Å². The Morgan fingerprint density at radius 3 is 2.91 bits per heavy atom. The second-order valence-electron chi connectivity index (χ2n) is 4.51. The number of aromatic amines is 1. The zero-order chi connectivity index (χ0) is 15.4. The molecule has 8 heteroatoms. The average molecular weight is 299 g/mol. The maximum atomic E-state index is 11.7. The van der Waals surface area contributed by atoms with Crippen LogP contribution in [0.15, 0.2) is 47.5 Å².